The lowest BCUT2D eigenvalue weighted by Gasteiger charge is -2.28. The van der Waals surface area contributed by atoms with Crippen molar-refractivity contribution in [3.05, 3.63) is 24.3 Å². The van der Waals surface area contributed by atoms with Crippen LogP contribution in [0.15, 0.2) is 24.3 Å². The molecule has 1 aliphatic heterocycles. The standard InChI is InChI=1S/C17H23N3O2S/c1-17(2,3)22-16(21)20-10-6-7-12(20)11-18-15-19-13-8-4-5-9-14(13)23-15/h4-5,8-9,12H,6-7,10-11H2,1-3H3,(H,18,19)/t12-/m1/s1. The smallest absolute Gasteiger partial charge is 0.410 e. The van der Waals surface area contributed by atoms with Gasteiger partial charge in [0.05, 0.1) is 16.3 Å². The average Bonchev–Trinajstić information content (AvgIpc) is 3.09. The van der Waals surface area contributed by atoms with Crippen molar-refractivity contribution in [1.29, 1.82) is 0 Å². The second-order valence-corrected chi connectivity index (χ2v) is 7.87. The molecule has 0 unspecified atom stereocenters. The first-order valence-corrected chi connectivity index (χ1v) is 8.83. The van der Waals surface area contributed by atoms with Gasteiger partial charge in [0.2, 0.25) is 0 Å². The van der Waals surface area contributed by atoms with Crippen molar-refractivity contribution >= 4 is 32.8 Å². The number of thiazole rings is 1. The third-order valence-electron chi connectivity index (χ3n) is 3.79. The molecule has 1 atom stereocenters. The highest BCUT2D eigenvalue weighted by molar-refractivity contribution is 7.22. The molecule has 6 heteroatoms. The molecule has 2 aromatic rings. The minimum Gasteiger partial charge on any atom is -0.444 e. The molecule has 3 rings (SSSR count). The lowest BCUT2D eigenvalue weighted by atomic mass is 10.2. The SMILES string of the molecule is CC(C)(C)OC(=O)N1CCC[C@@H]1CNc1nc2ccccc2s1. The van der Waals surface area contributed by atoms with E-state index in [0.29, 0.717) is 6.54 Å². The van der Waals surface area contributed by atoms with Crippen LogP contribution < -0.4 is 5.32 Å². The van der Waals surface area contributed by atoms with Gasteiger partial charge in [-0.25, -0.2) is 9.78 Å². The van der Waals surface area contributed by atoms with Crippen LogP contribution in [0.25, 0.3) is 10.2 Å². The van der Waals surface area contributed by atoms with E-state index in [1.54, 1.807) is 11.3 Å². The Labute approximate surface area is 140 Å². The van der Waals surface area contributed by atoms with Gasteiger partial charge in [-0.3, -0.25) is 0 Å². The highest BCUT2D eigenvalue weighted by atomic mass is 32.1. The molecule has 0 radical (unpaired) electrons. The van der Waals surface area contributed by atoms with Gasteiger partial charge in [0, 0.05) is 13.1 Å². The first kappa shape index (κ1) is 16.1. The number of likely N-dealkylation sites (tertiary alicyclic amines) is 1. The van der Waals surface area contributed by atoms with Gasteiger partial charge in [0.1, 0.15) is 5.60 Å². The molecule has 0 spiro atoms. The van der Waals surface area contributed by atoms with E-state index in [1.165, 1.54) is 4.70 Å². The number of nitrogens with zero attached hydrogens (tertiary/aromatic N) is 2. The number of hydrogen-bond acceptors (Lipinski definition) is 5. The zero-order chi connectivity index (χ0) is 16.4. The van der Waals surface area contributed by atoms with Crippen molar-refractivity contribution in [2.45, 2.75) is 45.3 Å². The zero-order valence-corrected chi connectivity index (χ0v) is 14.7. The monoisotopic (exact) mass is 333 g/mol. The fourth-order valence-electron chi connectivity index (χ4n) is 2.76. The van der Waals surface area contributed by atoms with Gasteiger partial charge in [-0.1, -0.05) is 23.5 Å². The topological polar surface area (TPSA) is 54.5 Å². The minimum atomic E-state index is -0.454. The van der Waals surface area contributed by atoms with Gasteiger partial charge in [0.15, 0.2) is 5.13 Å². The number of rotatable bonds is 3. The van der Waals surface area contributed by atoms with Crippen molar-refractivity contribution in [2.24, 2.45) is 0 Å². The Morgan fingerprint density at radius 1 is 1.43 bits per heavy atom. The maximum absolute atomic E-state index is 12.3. The van der Waals surface area contributed by atoms with E-state index < -0.39 is 5.60 Å². The number of amides is 1. The number of fused-ring (bicyclic) bond motifs is 1. The number of nitrogens with one attached hydrogen (secondary N) is 1. The van der Waals surface area contributed by atoms with Gasteiger partial charge < -0.3 is 15.0 Å². The first-order valence-electron chi connectivity index (χ1n) is 8.01. The number of ether oxygens (including phenoxy) is 1. The summed E-state index contributed by atoms with van der Waals surface area (Å²) < 4.78 is 6.67. The number of carbonyl (C=O) groups is 1. The maximum Gasteiger partial charge on any atom is 0.410 e. The molecule has 1 saturated heterocycles. The van der Waals surface area contributed by atoms with E-state index in [-0.39, 0.29) is 12.1 Å². The predicted molar refractivity (Wildman–Crippen MR) is 94.1 cm³/mol. The van der Waals surface area contributed by atoms with Gasteiger partial charge in [0.25, 0.3) is 0 Å². The molecular weight excluding hydrogens is 310 g/mol. The molecule has 1 aromatic heterocycles. The minimum absolute atomic E-state index is 0.164. The summed E-state index contributed by atoms with van der Waals surface area (Å²) in [6.45, 7) is 7.17. The van der Waals surface area contributed by atoms with Crippen molar-refractivity contribution in [3.63, 3.8) is 0 Å². The summed E-state index contributed by atoms with van der Waals surface area (Å²) in [4.78, 5) is 18.7. The van der Waals surface area contributed by atoms with Crippen LogP contribution in [0.3, 0.4) is 0 Å². The third kappa shape index (κ3) is 3.93. The van der Waals surface area contributed by atoms with E-state index in [1.807, 2.05) is 43.9 Å². The molecule has 23 heavy (non-hydrogen) atoms. The van der Waals surface area contributed by atoms with Crippen molar-refractivity contribution in [3.8, 4) is 0 Å². The molecule has 0 aliphatic carbocycles. The summed E-state index contributed by atoms with van der Waals surface area (Å²) in [6.07, 6.45) is 1.80. The predicted octanol–water partition coefficient (Wildman–Crippen LogP) is 4.11. The Bertz CT molecular complexity index is 659. The number of carbonyl (C=O) groups excluding carboxylic acids is 1. The normalized spacial score (nSPS) is 18.4. The second-order valence-electron chi connectivity index (χ2n) is 6.84. The summed E-state index contributed by atoms with van der Waals surface area (Å²) >= 11 is 1.64. The number of benzene rings is 1. The number of aromatic nitrogens is 1. The van der Waals surface area contributed by atoms with E-state index >= 15 is 0 Å². The van der Waals surface area contributed by atoms with E-state index in [9.17, 15) is 4.79 Å². The summed E-state index contributed by atoms with van der Waals surface area (Å²) in [5.74, 6) is 0. The Morgan fingerprint density at radius 2 is 2.22 bits per heavy atom. The Hall–Kier alpha value is -1.82. The van der Waals surface area contributed by atoms with Crippen molar-refractivity contribution in [2.75, 3.05) is 18.4 Å². The van der Waals surface area contributed by atoms with Gasteiger partial charge in [-0.05, 0) is 45.7 Å². The Morgan fingerprint density at radius 3 is 2.96 bits per heavy atom. The van der Waals surface area contributed by atoms with Crippen molar-refractivity contribution in [1.82, 2.24) is 9.88 Å². The van der Waals surface area contributed by atoms with Crippen LogP contribution in [0.5, 0.6) is 0 Å². The fraction of sp³-hybridized carbons (Fsp3) is 0.529. The highest BCUT2D eigenvalue weighted by Gasteiger charge is 2.32. The lowest BCUT2D eigenvalue weighted by Crippen LogP contribution is -2.42. The molecule has 124 valence electrons. The molecule has 1 N–H and O–H groups in total. The van der Waals surface area contributed by atoms with E-state index in [2.05, 4.69) is 16.4 Å². The van der Waals surface area contributed by atoms with Gasteiger partial charge >= 0.3 is 6.09 Å². The molecule has 1 aliphatic rings. The van der Waals surface area contributed by atoms with Crippen LogP contribution in [-0.2, 0) is 4.74 Å². The Kier molecular flexibility index (Phi) is 4.43. The molecule has 5 nitrogen and oxygen atoms in total. The third-order valence-corrected chi connectivity index (χ3v) is 4.78. The molecule has 1 fully saturated rings. The first-order chi connectivity index (χ1) is 10.9. The number of para-hydroxylation sites is 1. The summed E-state index contributed by atoms with van der Waals surface area (Å²) in [5.41, 5.74) is 0.556. The van der Waals surface area contributed by atoms with Crippen molar-refractivity contribution < 1.29 is 9.53 Å². The molecule has 1 aromatic carbocycles. The fourth-order valence-corrected chi connectivity index (χ4v) is 3.63. The van der Waals surface area contributed by atoms with E-state index in [4.69, 9.17) is 4.74 Å². The summed E-state index contributed by atoms with van der Waals surface area (Å²) in [6, 6.07) is 8.26. The molecule has 0 saturated carbocycles. The molecule has 1 amide bonds. The van der Waals surface area contributed by atoms with Crippen LogP contribution in [0.4, 0.5) is 9.93 Å². The molecular formula is C17H23N3O2S. The number of anilines is 1. The average molecular weight is 333 g/mol. The second kappa shape index (κ2) is 6.35. The van der Waals surface area contributed by atoms with Gasteiger partial charge in [-0.2, -0.15) is 0 Å². The van der Waals surface area contributed by atoms with E-state index in [0.717, 1.165) is 30.0 Å². The van der Waals surface area contributed by atoms with Crippen LogP contribution in [0, 0.1) is 0 Å². The highest BCUT2D eigenvalue weighted by Crippen LogP contribution is 2.26. The van der Waals surface area contributed by atoms with Gasteiger partial charge in [-0.15, -0.1) is 0 Å². The molecule has 2 heterocycles. The summed E-state index contributed by atoms with van der Waals surface area (Å²) in [5, 5.41) is 4.29. The zero-order valence-electron chi connectivity index (χ0n) is 13.8. The quantitative estimate of drug-likeness (QED) is 0.918. The largest absolute Gasteiger partial charge is 0.444 e. The lowest BCUT2D eigenvalue weighted by molar-refractivity contribution is 0.0235. The Balaban J connectivity index is 1.61. The van der Waals surface area contributed by atoms with Crippen LogP contribution in [0.2, 0.25) is 0 Å². The van der Waals surface area contributed by atoms with Crippen LogP contribution in [0.1, 0.15) is 33.6 Å². The maximum atomic E-state index is 12.3. The van der Waals surface area contributed by atoms with Crippen LogP contribution >= 0.6 is 11.3 Å². The number of hydrogen-bond donors (Lipinski definition) is 1. The molecule has 0 bridgehead atoms. The summed E-state index contributed by atoms with van der Waals surface area (Å²) in [7, 11) is 0. The van der Waals surface area contributed by atoms with Crippen LogP contribution in [-0.4, -0.2) is 40.7 Å².